The predicted octanol–water partition coefficient (Wildman–Crippen LogP) is -0.0574. The number of nitrogens with two attached hydrogens (primary N) is 1. The molecule has 0 bridgehead atoms. The average Bonchev–Trinajstić information content (AvgIpc) is 2.46. The number of aromatic carboxylic acids is 1. The highest BCUT2D eigenvalue weighted by molar-refractivity contribution is 6.33. The third kappa shape index (κ3) is 2.17. The van der Waals surface area contributed by atoms with Crippen molar-refractivity contribution in [1.29, 1.82) is 0 Å². The summed E-state index contributed by atoms with van der Waals surface area (Å²) < 4.78 is 0. The van der Waals surface area contributed by atoms with Crippen molar-refractivity contribution in [2.75, 3.05) is 0 Å². The molecule has 74 valence electrons. The van der Waals surface area contributed by atoms with E-state index < -0.39 is 5.97 Å². The Morgan fingerprint density at radius 2 is 2.36 bits per heavy atom. The molecule has 0 aliphatic heterocycles. The van der Waals surface area contributed by atoms with Gasteiger partial charge in [0.1, 0.15) is 5.69 Å². The first-order valence-corrected chi connectivity index (χ1v) is 4.12. The third-order valence-electron chi connectivity index (χ3n) is 1.59. The molecule has 1 aromatic rings. The molecule has 0 spiro atoms. The molecule has 0 unspecified atom stereocenters. The Morgan fingerprint density at radius 3 is 2.79 bits per heavy atom. The largest absolute Gasteiger partial charge is 0.477 e. The van der Waals surface area contributed by atoms with Crippen LogP contribution in [0.3, 0.4) is 0 Å². The fraction of sp³-hybridized carbons (Fsp3) is 0. The van der Waals surface area contributed by atoms with Crippen LogP contribution in [0, 0.1) is 0 Å². The van der Waals surface area contributed by atoms with Crippen molar-refractivity contribution >= 4 is 29.8 Å². The number of aromatic amines is 1. The molecule has 1 heterocycles. The number of allylic oxidation sites excluding steroid dienone is 1. The van der Waals surface area contributed by atoms with Crippen LogP contribution >= 0.6 is 11.6 Å². The van der Waals surface area contributed by atoms with Crippen LogP contribution < -0.4 is 16.3 Å². The highest BCUT2D eigenvalue weighted by atomic mass is 35.5. The maximum atomic E-state index is 10.6. The molecular weight excluding hydrogens is 204 g/mol. The molecule has 0 radical (unpaired) electrons. The van der Waals surface area contributed by atoms with Crippen molar-refractivity contribution < 1.29 is 9.90 Å². The molecule has 0 amide bonds. The van der Waals surface area contributed by atoms with E-state index in [9.17, 15) is 4.79 Å². The van der Waals surface area contributed by atoms with Gasteiger partial charge in [-0.25, -0.2) is 4.79 Å². The molecule has 0 saturated carbocycles. The van der Waals surface area contributed by atoms with E-state index in [4.69, 9.17) is 22.4 Å². The van der Waals surface area contributed by atoms with Gasteiger partial charge < -0.3 is 15.8 Å². The van der Waals surface area contributed by atoms with Crippen LogP contribution in [0.4, 0.5) is 0 Å². The van der Waals surface area contributed by atoms with E-state index in [0.717, 1.165) is 0 Å². The maximum Gasteiger partial charge on any atom is 0.352 e. The molecule has 4 nitrogen and oxygen atoms in total. The zero-order chi connectivity index (χ0) is 10.7. The smallest absolute Gasteiger partial charge is 0.352 e. The third-order valence-corrected chi connectivity index (χ3v) is 1.70. The van der Waals surface area contributed by atoms with E-state index in [0.29, 0.717) is 15.6 Å². The summed E-state index contributed by atoms with van der Waals surface area (Å²) in [7, 11) is 0. The molecular formula is C9H9ClN2O2. The van der Waals surface area contributed by atoms with Gasteiger partial charge in [0, 0.05) is 16.5 Å². The average molecular weight is 213 g/mol. The Morgan fingerprint density at radius 1 is 1.71 bits per heavy atom. The van der Waals surface area contributed by atoms with E-state index in [1.807, 2.05) is 0 Å². The number of aromatic nitrogens is 1. The van der Waals surface area contributed by atoms with Crippen molar-refractivity contribution in [2.24, 2.45) is 5.73 Å². The summed E-state index contributed by atoms with van der Waals surface area (Å²) in [6.07, 6.45) is 2.81. The van der Waals surface area contributed by atoms with Crippen LogP contribution in [0.5, 0.6) is 0 Å². The van der Waals surface area contributed by atoms with E-state index in [1.54, 1.807) is 0 Å². The van der Waals surface area contributed by atoms with Gasteiger partial charge >= 0.3 is 5.97 Å². The highest BCUT2D eigenvalue weighted by Gasteiger charge is 2.03. The summed E-state index contributed by atoms with van der Waals surface area (Å²) in [6, 6.07) is 1.44. The van der Waals surface area contributed by atoms with E-state index in [-0.39, 0.29) is 5.69 Å². The van der Waals surface area contributed by atoms with Crippen LogP contribution in [0.1, 0.15) is 10.5 Å². The quantitative estimate of drug-likeness (QED) is 0.643. The maximum absolute atomic E-state index is 10.6. The predicted molar refractivity (Wildman–Crippen MR) is 55.1 cm³/mol. The number of nitrogens with one attached hydrogen (secondary N) is 1. The van der Waals surface area contributed by atoms with Gasteiger partial charge in [0.15, 0.2) is 0 Å². The molecule has 0 saturated heterocycles. The minimum atomic E-state index is -1.05. The SMILES string of the molecule is C=C(Cl)/C=c1/cc(C(=O)O)[nH]/c1=C/N. The monoisotopic (exact) mass is 212 g/mol. The lowest BCUT2D eigenvalue weighted by Crippen LogP contribution is -2.23. The summed E-state index contributed by atoms with van der Waals surface area (Å²) in [5.41, 5.74) is 5.36. The second-order valence-corrected chi connectivity index (χ2v) is 3.10. The topological polar surface area (TPSA) is 79.1 Å². The first kappa shape index (κ1) is 10.4. The summed E-state index contributed by atoms with van der Waals surface area (Å²) in [4.78, 5) is 13.2. The Balaban J connectivity index is 3.45. The van der Waals surface area contributed by atoms with Gasteiger partial charge in [-0.1, -0.05) is 18.2 Å². The molecule has 5 heteroatoms. The van der Waals surface area contributed by atoms with Gasteiger partial charge in [0.2, 0.25) is 0 Å². The second kappa shape index (κ2) is 4.02. The van der Waals surface area contributed by atoms with Gasteiger partial charge in [0.25, 0.3) is 0 Å². The lowest BCUT2D eigenvalue weighted by molar-refractivity contribution is 0.0691. The molecule has 1 rings (SSSR count). The first-order chi connectivity index (χ1) is 6.54. The Kier molecular flexibility index (Phi) is 2.99. The molecule has 0 atom stereocenters. The number of hydrogen-bond donors (Lipinski definition) is 3. The van der Waals surface area contributed by atoms with Crippen LogP contribution in [-0.2, 0) is 0 Å². The van der Waals surface area contributed by atoms with Gasteiger partial charge in [-0.15, -0.1) is 0 Å². The van der Waals surface area contributed by atoms with Gasteiger partial charge in [-0.2, -0.15) is 0 Å². The van der Waals surface area contributed by atoms with Crippen molar-refractivity contribution in [3.05, 3.63) is 33.9 Å². The van der Waals surface area contributed by atoms with Gasteiger partial charge in [0.05, 0.1) is 5.35 Å². The minimum absolute atomic E-state index is 0.0610. The van der Waals surface area contributed by atoms with Gasteiger partial charge in [-0.05, 0) is 12.1 Å². The fourth-order valence-electron chi connectivity index (χ4n) is 1.03. The van der Waals surface area contributed by atoms with Gasteiger partial charge in [-0.3, -0.25) is 0 Å². The molecule has 4 N–H and O–H groups in total. The summed E-state index contributed by atoms with van der Waals surface area (Å²) in [5.74, 6) is -1.05. The molecule has 14 heavy (non-hydrogen) atoms. The van der Waals surface area contributed by atoms with E-state index in [2.05, 4.69) is 11.6 Å². The van der Waals surface area contributed by atoms with E-state index >= 15 is 0 Å². The van der Waals surface area contributed by atoms with Crippen LogP contribution in [-0.4, -0.2) is 16.1 Å². The number of rotatable bonds is 2. The van der Waals surface area contributed by atoms with E-state index in [1.165, 1.54) is 18.3 Å². The van der Waals surface area contributed by atoms with Crippen molar-refractivity contribution in [3.63, 3.8) is 0 Å². The lowest BCUT2D eigenvalue weighted by Gasteiger charge is -1.82. The van der Waals surface area contributed by atoms with Crippen LogP contribution in [0.2, 0.25) is 0 Å². The van der Waals surface area contributed by atoms with Crippen molar-refractivity contribution in [2.45, 2.75) is 0 Å². The fourth-order valence-corrected chi connectivity index (χ4v) is 1.15. The summed E-state index contributed by atoms with van der Waals surface area (Å²) in [5, 5.41) is 10.1. The number of carbonyl (C=O) groups is 1. The molecule has 1 aromatic heterocycles. The summed E-state index contributed by atoms with van der Waals surface area (Å²) >= 11 is 5.56. The molecule has 0 aliphatic rings. The highest BCUT2D eigenvalue weighted by Crippen LogP contribution is 1.96. The lowest BCUT2D eigenvalue weighted by atomic mass is 10.3. The zero-order valence-corrected chi connectivity index (χ0v) is 8.01. The number of halogens is 1. The minimum Gasteiger partial charge on any atom is -0.477 e. The van der Waals surface area contributed by atoms with Crippen LogP contribution in [0.15, 0.2) is 17.7 Å². The normalized spacial score (nSPS) is 13.2. The first-order valence-electron chi connectivity index (χ1n) is 3.75. The molecule has 0 aliphatic carbocycles. The number of H-pyrrole nitrogens is 1. The van der Waals surface area contributed by atoms with Crippen molar-refractivity contribution in [3.8, 4) is 0 Å². The zero-order valence-electron chi connectivity index (χ0n) is 7.25. The van der Waals surface area contributed by atoms with Crippen LogP contribution in [0.25, 0.3) is 12.3 Å². The Bertz CT molecular complexity index is 487. The Hall–Kier alpha value is -1.68. The second-order valence-electron chi connectivity index (χ2n) is 2.62. The molecule has 0 aromatic carbocycles. The number of hydrogen-bond acceptors (Lipinski definition) is 2. The standard InChI is InChI=1S/C9H9ClN2O2/c1-5(10)2-6-3-7(9(13)14)12-8(6)4-11/h2-4,12H,1,11H2,(H,13,14)/b6-2-,8-4+. The van der Waals surface area contributed by atoms with Crippen molar-refractivity contribution in [1.82, 2.24) is 4.98 Å². The molecule has 0 fully saturated rings. The number of carboxylic acids is 1. The number of carboxylic acid groups (broad SMARTS) is 1. The Labute approximate surface area is 85.0 Å². The summed E-state index contributed by atoms with van der Waals surface area (Å²) in [6.45, 7) is 3.47.